The van der Waals surface area contributed by atoms with Crippen LogP contribution in [0.25, 0.3) is 22.4 Å². The number of para-hydroxylation sites is 1. The summed E-state index contributed by atoms with van der Waals surface area (Å²) in [5.41, 5.74) is 1.21. The van der Waals surface area contributed by atoms with E-state index in [0.29, 0.717) is 40.3 Å². The Morgan fingerprint density at radius 3 is 2.70 bits per heavy atom. The molecule has 0 fully saturated rings. The summed E-state index contributed by atoms with van der Waals surface area (Å²) >= 11 is 1.23. The fourth-order valence-electron chi connectivity index (χ4n) is 3.19. The molecular formula is C23H22N2O6S2. The number of anilines is 1. The lowest BCUT2D eigenvalue weighted by Gasteiger charge is -2.06. The number of nitrogens with one attached hydrogen (secondary N) is 1. The molecule has 10 heteroatoms. The van der Waals surface area contributed by atoms with E-state index in [0.717, 1.165) is 5.39 Å². The van der Waals surface area contributed by atoms with Gasteiger partial charge in [-0.15, -0.1) is 11.3 Å². The third-order valence-corrected chi connectivity index (χ3v) is 7.32. The van der Waals surface area contributed by atoms with Gasteiger partial charge in [0.1, 0.15) is 11.4 Å². The first-order valence-electron chi connectivity index (χ1n) is 10.2. The van der Waals surface area contributed by atoms with Crippen molar-refractivity contribution in [2.24, 2.45) is 0 Å². The molecule has 0 unspecified atom stereocenters. The minimum absolute atomic E-state index is 0.143. The molecule has 0 aliphatic heterocycles. The Hall–Kier alpha value is -3.37. The standard InChI is InChI=1S/C23H22N2O6S2/c1-3-30-19-6-4-5-15-13-20(31-22(15)19)18-14-32-23(24-18)25-21(26)11-12-33(27,28)17-9-7-16(29-2)8-10-17/h4-10,13-14H,3,11-12H2,1-2H3,(H,24,25,26). The summed E-state index contributed by atoms with van der Waals surface area (Å²) in [6.45, 7) is 2.43. The smallest absolute Gasteiger partial charge is 0.227 e. The molecule has 0 bridgehead atoms. The molecule has 0 atom stereocenters. The number of hydrogen-bond acceptors (Lipinski definition) is 8. The molecule has 2 aromatic carbocycles. The second kappa shape index (κ2) is 9.63. The predicted molar refractivity (Wildman–Crippen MR) is 127 cm³/mol. The molecule has 1 N–H and O–H groups in total. The Balaban J connectivity index is 1.40. The third kappa shape index (κ3) is 5.18. The minimum atomic E-state index is -3.59. The molecule has 0 spiro atoms. The molecule has 2 aromatic heterocycles. The maximum Gasteiger partial charge on any atom is 0.227 e. The average Bonchev–Trinajstić information content (AvgIpc) is 3.45. The van der Waals surface area contributed by atoms with Crippen LogP contribution in [0, 0.1) is 0 Å². The normalized spacial score (nSPS) is 11.5. The lowest BCUT2D eigenvalue weighted by molar-refractivity contribution is -0.115. The van der Waals surface area contributed by atoms with Gasteiger partial charge in [0.2, 0.25) is 5.91 Å². The number of furan rings is 1. The molecular weight excluding hydrogens is 464 g/mol. The number of ether oxygens (including phenoxy) is 2. The van der Waals surface area contributed by atoms with Gasteiger partial charge >= 0.3 is 0 Å². The fraction of sp³-hybridized carbons (Fsp3) is 0.217. The summed E-state index contributed by atoms with van der Waals surface area (Å²) in [7, 11) is -2.09. The van der Waals surface area contributed by atoms with Gasteiger partial charge in [0, 0.05) is 17.2 Å². The number of aromatic nitrogens is 1. The monoisotopic (exact) mass is 486 g/mol. The molecule has 2 heterocycles. The number of carbonyl (C=O) groups excluding carboxylic acids is 1. The maximum atomic E-state index is 12.5. The van der Waals surface area contributed by atoms with Crippen molar-refractivity contribution in [1.82, 2.24) is 4.98 Å². The van der Waals surface area contributed by atoms with Crippen LogP contribution in [0.3, 0.4) is 0 Å². The van der Waals surface area contributed by atoms with Crippen LogP contribution in [-0.4, -0.2) is 38.8 Å². The van der Waals surface area contributed by atoms with E-state index in [1.54, 1.807) is 17.5 Å². The number of thiazole rings is 1. The van der Waals surface area contributed by atoms with Gasteiger partial charge in [0.25, 0.3) is 0 Å². The predicted octanol–water partition coefficient (Wildman–Crippen LogP) is 4.77. The molecule has 8 nitrogen and oxygen atoms in total. The van der Waals surface area contributed by atoms with Crippen LogP contribution in [-0.2, 0) is 14.6 Å². The van der Waals surface area contributed by atoms with Crippen molar-refractivity contribution in [3.05, 3.63) is 53.9 Å². The van der Waals surface area contributed by atoms with E-state index in [2.05, 4.69) is 10.3 Å². The Morgan fingerprint density at radius 2 is 1.97 bits per heavy atom. The second-order valence-electron chi connectivity index (χ2n) is 7.05. The number of fused-ring (bicyclic) bond motifs is 1. The first-order chi connectivity index (χ1) is 15.9. The summed E-state index contributed by atoms with van der Waals surface area (Å²) < 4.78 is 41.5. The summed E-state index contributed by atoms with van der Waals surface area (Å²) in [6.07, 6.45) is -0.189. The Kier molecular flexibility index (Phi) is 6.66. The van der Waals surface area contributed by atoms with Crippen LogP contribution < -0.4 is 14.8 Å². The topological polar surface area (TPSA) is 108 Å². The van der Waals surface area contributed by atoms with E-state index >= 15 is 0 Å². The molecule has 33 heavy (non-hydrogen) atoms. The molecule has 0 aliphatic rings. The summed E-state index contributed by atoms with van der Waals surface area (Å²) in [6, 6.07) is 13.6. The highest BCUT2D eigenvalue weighted by atomic mass is 32.2. The zero-order valence-electron chi connectivity index (χ0n) is 18.0. The molecule has 0 saturated carbocycles. The lowest BCUT2D eigenvalue weighted by atomic mass is 10.2. The zero-order chi connectivity index (χ0) is 23.4. The average molecular weight is 487 g/mol. The Labute approximate surface area is 195 Å². The molecule has 0 aliphatic carbocycles. The number of carbonyl (C=O) groups is 1. The van der Waals surface area contributed by atoms with Crippen molar-refractivity contribution in [3.63, 3.8) is 0 Å². The van der Waals surface area contributed by atoms with E-state index in [9.17, 15) is 13.2 Å². The highest BCUT2D eigenvalue weighted by Crippen LogP contribution is 2.34. The molecule has 0 saturated heterocycles. The highest BCUT2D eigenvalue weighted by molar-refractivity contribution is 7.91. The zero-order valence-corrected chi connectivity index (χ0v) is 19.7. The SMILES string of the molecule is CCOc1cccc2cc(-c3csc(NC(=O)CCS(=O)(=O)c4ccc(OC)cc4)n3)oc12. The van der Waals surface area contributed by atoms with Crippen LogP contribution in [0.2, 0.25) is 0 Å². The number of amides is 1. The summed E-state index contributed by atoms with van der Waals surface area (Å²) in [5, 5.41) is 5.67. The first-order valence-corrected chi connectivity index (χ1v) is 12.7. The maximum absolute atomic E-state index is 12.5. The molecule has 4 rings (SSSR count). The molecule has 172 valence electrons. The van der Waals surface area contributed by atoms with Crippen molar-refractivity contribution in [1.29, 1.82) is 0 Å². The van der Waals surface area contributed by atoms with Crippen molar-refractivity contribution in [2.45, 2.75) is 18.2 Å². The number of hydrogen-bond donors (Lipinski definition) is 1. The van der Waals surface area contributed by atoms with Crippen LogP contribution in [0.1, 0.15) is 13.3 Å². The van der Waals surface area contributed by atoms with Gasteiger partial charge in [-0.2, -0.15) is 0 Å². The van der Waals surface area contributed by atoms with Gasteiger partial charge < -0.3 is 19.2 Å². The van der Waals surface area contributed by atoms with Crippen molar-refractivity contribution >= 4 is 43.2 Å². The van der Waals surface area contributed by atoms with E-state index in [1.165, 1.54) is 30.6 Å². The van der Waals surface area contributed by atoms with E-state index in [-0.39, 0.29) is 17.1 Å². The number of methoxy groups -OCH3 is 1. The second-order valence-corrected chi connectivity index (χ2v) is 10.0. The lowest BCUT2D eigenvalue weighted by Crippen LogP contribution is -2.17. The number of nitrogens with zero attached hydrogens (tertiary/aromatic N) is 1. The Morgan fingerprint density at radius 1 is 1.18 bits per heavy atom. The van der Waals surface area contributed by atoms with Gasteiger partial charge in [-0.25, -0.2) is 13.4 Å². The third-order valence-electron chi connectivity index (χ3n) is 4.83. The van der Waals surface area contributed by atoms with E-state index < -0.39 is 15.7 Å². The largest absolute Gasteiger partial charge is 0.497 e. The fourth-order valence-corrected chi connectivity index (χ4v) is 5.14. The van der Waals surface area contributed by atoms with Crippen molar-refractivity contribution in [3.8, 4) is 23.0 Å². The molecule has 4 aromatic rings. The van der Waals surface area contributed by atoms with Crippen molar-refractivity contribution in [2.75, 3.05) is 24.8 Å². The molecule has 0 radical (unpaired) electrons. The summed E-state index contributed by atoms with van der Waals surface area (Å²) in [5.74, 6) is 1.02. The number of benzene rings is 2. The van der Waals surface area contributed by atoms with Gasteiger partial charge in [0.05, 0.1) is 24.4 Å². The Bertz CT molecular complexity index is 1370. The number of rotatable bonds is 9. The van der Waals surface area contributed by atoms with Gasteiger partial charge in [0.15, 0.2) is 32.1 Å². The summed E-state index contributed by atoms with van der Waals surface area (Å²) in [4.78, 5) is 16.9. The van der Waals surface area contributed by atoms with Gasteiger partial charge in [-0.05, 0) is 43.3 Å². The minimum Gasteiger partial charge on any atom is -0.497 e. The highest BCUT2D eigenvalue weighted by Gasteiger charge is 2.18. The van der Waals surface area contributed by atoms with Crippen LogP contribution in [0.15, 0.2) is 63.2 Å². The quantitative estimate of drug-likeness (QED) is 0.363. The van der Waals surface area contributed by atoms with Crippen LogP contribution in [0.4, 0.5) is 5.13 Å². The van der Waals surface area contributed by atoms with E-state index in [4.69, 9.17) is 13.9 Å². The van der Waals surface area contributed by atoms with Crippen molar-refractivity contribution < 1.29 is 27.1 Å². The van der Waals surface area contributed by atoms with Gasteiger partial charge in [-0.1, -0.05) is 12.1 Å². The van der Waals surface area contributed by atoms with Gasteiger partial charge in [-0.3, -0.25) is 4.79 Å². The van der Waals surface area contributed by atoms with Crippen LogP contribution >= 0.6 is 11.3 Å². The first kappa shape index (κ1) is 22.8. The molecule has 1 amide bonds. The number of sulfone groups is 1. The van der Waals surface area contributed by atoms with Crippen LogP contribution in [0.5, 0.6) is 11.5 Å². The van der Waals surface area contributed by atoms with E-state index in [1.807, 2.05) is 31.2 Å².